The second kappa shape index (κ2) is 8.38. The third-order valence-corrected chi connectivity index (χ3v) is 3.91. The molecule has 0 heterocycles. The van der Waals surface area contributed by atoms with E-state index in [4.69, 9.17) is 5.11 Å². The van der Waals surface area contributed by atoms with E-state index < -0.39 is 9.84 Å². The number of hydrogen-bond donors (Lipinski definition) is 2. The topological polar surface area (TPSA) is 66.4 Å². The zero-order valence-electron chi connectivity index (χ0n) is 9.40. The number of hydrogen-bond acceptors (Lipinski definition) is 5. The minimum Gasteiger partial charge on any atom is -0.396 e. The van der Waals surface area contributed by atoms with Gasteiger partial charge in [0.15, 0.2) is 0 Å². The van der Waals surface area contributed by atoms with Crippen LogP contribution in [0, 0.1) is 0 Å². The molecule has 0 aromatic rings. The highest BCUT2D eigenvalue weighted by atomic mass is 32.2. The van der Waals surface area contributed by atoms with Crippen molar-refractivity contribution >= 4 is 21.6 Å². The number of nitrogens with one attached hydrogen (secondary N) is 1. The van der Waals surface area contributed by atoms with Crippen LogP contribution in [0.4, 0.5) is 0 Å². The Bertz CT molecular complexity index is 242. The van der Waals surface area contributed by atoms with Gasteiger partial charge in [-0.05, 0) is 19.1 Å². The molecule has 1 atom stereocenters. The van der Waals surface area contributed by atoms with Crippen LogP contribution < -0.4 is 5.32 Å². The summed E-state index contributed by atoms with van der Waals surface area (Å²) >= 11 is 1.77. The van der Waals surface area contributed by atoms with Crippen LogP contribution in [0.3, 0.4) is 0 Å². The molecule has 6 heteroatoms. The molecular weight excluding hydrogens is 234 g/mol. The van der Waals surface area contributed by atoms with Crippen LogP contribution in [0.5, 0.6) is 0 Å². The Balaban J connectivity index is 3.36. The summed E-state index contributed by atoms with van der Waals surface area (Å²) in [6.45, 7) is 2.93. The summed E-state index contributed by atoms with van der Waals surface area (Å²) in [6.07, 6.45) is 2.07. The van der Waals surface area contributed by atoms with E-state index >= 15 is 0 Å². The summed E-state index contributed by atoms with van der Waals surface area (Å²) in [5, 5.41) is 11.7. The fourth-order valence-electron chi connectivity index (χ4n) is 1.16. The molecule has 0 spiro atoms. The third kappa shape index (κ3) is 12.2. The van der Waals surface area contributed by atoms with Crippen molar-refractivity contribution in [2.24, 2.45) is 0 Å². The van der Waals surface area contributed by atoms with Gasteiger partial charge < -0.3 is 10.4 Å². The molecular formula is C9H21NO3S2. The Morgan fingerprint density at radius 1 is 1.40 bits per heavy atom. The lowest BCUT2D eigenvalue weighted by Crippen LogP contribution is -2.34. The first-order valence-corrected chi connectivity index (χ1v) is 8.27. The molecule has 4 nitrogen and oxygen atoms in total. The Hall–Kier alpha value is 0.220. The van der Waals surface area contributed by atoms with Gasteiger partial charge in [-0.2, -0.15) is 11.8 Å². The van der Waals surface area contributed by atoms with E-state index in [0.29, 0.717) is 0 Å². The van der Waals surface area contributed by atoms with Crippen LogP contribution in [0.15, 0.2) is 0 Å². The number of aliphatic hydroxyl groups is 1. The molecule has 0 aromatic carbocycles. The molecule has 0 aliphatic rings. The van der Waals surface area contributed by atoms with Gasteiger partial charge in [0.05, 0.1) is 5.75 Å². The summed E-state index contributed by atoms with van der Waals surface area (Å²) in [6, 6.07) is 0.0124. The largest absolute Gasteiger partial charge is 0.396 e. The van der Waals surface area contributed by atoms with Crippen LogP contribution in [0.25, 0.3) is 0 Å². The van der Waals surface area contributed by atoms with Crippen LogP contribution in [0.1, 0.15) is 13.3 Å². The highest BCUT2D eigenvalue weighted by Gasteiger charge is 2.08. The van der Waals surface area contributed by atoms with Gasteiger partial charge in [0.1, 0.15) is 9.84 Å². The van der Waals surface area contributed by atoms with E-state index in [9.17, 15) is 8.42 Å². The van der Waals surface area contributed by atoms with Crippen molar-refractivity contribution in [1.29, 1.82) is 0 Å². The molecule has 15 heavy (non-hydrogen) atoms. The molecule has 0 saturated heterocycles. The van der Waals surface area contributed by atoms with E-state index in [-0.39, 0.29) is 18.4 Å². The van der Waals surface area contributed by atoms with E-state index in [1.54, 1.807) is 11.8 Å². The minimum atomic E-state index is -2.88. The van der Waals surface area contributed by atoms with Gasteiger partial charge in [0.2, 0.25) is 0 Å². The predicted molar refractivity (Wildman–Crippen MR) is 66.2 cm³/mol. The molecule has 0 radical (unpaired) electrons. The van der Waals surface area contributed by atoms with Gasteiger partial charge in [-0.25, -0.2) is 8.42 Å². The summed E-state index contributed by atoms with van der Waals surface area (Å²) in [5.74, 6) is 2.10. The normalized spacial score (nSPS) is 14.1. The first-order valence-electron chi connectivity index (χ1n) is 5.05. The number of sulfone groups is 1. The molecule has 0 aliphatic heterocycles. The van der Waals surface area contributed by atoms with E-state index in [2.05, 4.69) is 5.32 Å². The first-order chi connectivity index (χ1) is 6.95. The van der Waals surface area contributed by atoms with Crippen LogP contribution >= 0.6 is 11.8 Å². The van der Waals surface area contributed by atoms with Crippen molar-refractivity contribution in [3.63, 3.8) is 0 Å². The quantitative estimate of drug-likeness (QED) is 0.573. The van der Waals surface area contributed by atoms with Crippen molar-refractivity contribution in [1.82, 2.24) is 5.32 Å². The van der Waals surface area contributed by atoms with Crippen molar-refractivity contribution < 1.29 is 13.5 Å². The number of thioether (sulfide) groups is 1. The Morgan fingerprint density at radius 2 is 2.07 bits per heavy atom. The van der Waals surface area contributed by atoms with Gasteiger partial charge in [0.25, 0.3) is 0 Å². The van der Waals surface area contributed by atoms with Crippen molar-refractivity contribution in [3.8, 4) is 0 Å². The zero-order valence-corrected chi connectivity index (χ0v) is 11.0. The maximum atomic E-state index is 10.9. The Morgan fingerprint density at radius 3 is 2.60 bits per heavy atom. The van der Waals surface area contributed by atoms with Crippen LogP contribution in [0.2, 0.25) is 0 Å². The Labute approximate surface area is 96.8 Å². The molecule has 0 saturated carbocycles. The fourth-order valence-corrected chi connectivity index (χ4v) is 2.98. The second-order valence-electron chi connectivity index (χ2n) is 3.64. The molecule has 1 unspecified atom stereocenters. The zero-order chi connectivity index (χ0) is 11.7. The van der Waals surface area contributed by atoms with Gasteiger partial charge >= 0.3 is 0 Å². The highest BCUT2D eigenvalue weighted by molar-refractivity contribution is 7.99. The van der Waals surface area contributed by atoms with Gasteiger partial charge in [-0.1, -0.05) is 0 Å². The second-order valence-corrected chi connectivity index (χ2v) is 7.05. The summed E-state index contributed by atoms with van der Waals surface area (Å²) in [7, 11) is -2.88. The van der Waals surface area contributed by atoms with E-state index in [1.165, 1.54) is 6.26 Å². The molecule has 0 amide bonds. The van der Waals surface area contributed by atoms with Gasteiger partial charge in [0, 0.05) is 31.2 Å². The fraction of sp³-hybridized carbons (Fsp3) is 1.00. The van der Waals surface area contributed by atoms with E-state index in [1.807, 2.05) is 6.92 Å². The monoisotopic (exact) mass is 255 g/mol. The smallest absolute Gasteiger partial charge is 0.148 e. The minimum absolute atomic E-state index is 0.0124. The average Bonchev–Trinajstić information content (AvgIpc) is 2.08. The standard InChI is InChI=1S/C9H21NO3S2/c1-9(8-15(2,12)13)10-4-7-14-6-3-5-11/h9-11H,3-8H2,1-2H3. The maximum absolute atomic E-state index is 10.9. The van der Waals surface area contributed by atoms with Gasteiger partial charge in [-0.15, -0.1) is 0 Å². The average molecular weight is 255 g/mol. The third-order valence-electron chi connectivity index (χ3n) is 1.74. The molecule has 0 aromatic heterocycles. The lowest BCUT2D eigenvalue weighted by molar-refractivity contribution is 0.296. The molecule has 92 valence electrons. The number of rotatable bonds is 9. The van der Waals surface area contributed by atoms with Crippen molar-refractivity contribution in [3.05, 3.63) is 0 Å². The Kier molecular flexibility index (Phi) is 8.50. The molecule has 0 fully saturated rings. The maximum Gasteiger partial charge on any atom is 0.148 e. The molecule has 0 aliphatic carbocycles. The van der Waals surface area contributed by atoms with Crippen LogP contribution in [-0.4, -0.2) is 56.2 Å². The molecule has 0 rings (SSSR count). The molecule has 0 bridgehead atoms. The number of aliphatic hydroxyl groups excluding tert-OH is 1. The van der Waals surface area contributed by atoms with Crippen molar-refractivity contribution in [2.75, 3.05) is 36.7 Å². The van der Waals surface area contributed by atoms with Crippen molar-refractivity contribution in [2.45, 2.75) is 19.4 Å². The highest BCUT2D eigenvalue weighted by Crippen LogP contribution is 2.00. The SMILES string of the molecule is CC(CS(C)(=O)=O)NCCSCCCO. The van der Waals surface area contributed by atoms with Crippen LogP contribution in [-0.2, 0) is 9.84 Å². The first kappa shape index (κ1) is 15.2. The summed E-state index contributed by atoms with van der Waals surface area (Å²) in [4.78, 5) is 0. The lowest BCUT2D eigenvalue weighted by Gasteiger charge is -2.11. The summed E-state index contributed by atoms with van der Waals surface area (Å²) in [5.41, 5.74) is 0. The predicted octanol–water partition coefficient (Wildman–Crippen LogP) is 0.125. The van der Waals surface area contributed by atoms with E-state index in [0.717, 1.165) is 24.5 Å². The molecule has 2 N–H and O–H groups in total. The van der Waals surface area contributed by atoms with Gasteiger partial charge in [-0.3, -0.25) is 0 Å². The summed E-state index contributed by atoms with van der Waals surface area (Å²) < 4.78 is 21.9. The lowest BCUT2D eigenvalue weighted by atomic mass is 10.4.